The third kappa shape index (κ3) is 2.75. The highest BCUT2D eigenvalue weighted by atomic mass is 32.2. The van der Waals surface area contributed by atoms with Gasteiger partial charge in [0.2, 0.25) is 0 Å². The lowest BCUT2D eigenvalue weighted by Crippen LogP contribution is -2.30. The Balaban J connectivity index is 2.22. The van der Waals surface area contributed by atoms with E-state index in [2.05, 4.69) is 4.98 Å². The van der Waals surface area contributed by atoms with Gasteiger partial charge in [0.1, 0.15) is 0 Å². The Morgan fingerprint density at radius 1 is 1.47 bits per heavy atom. The highest BCUT2D eigenvalue weighted by Crippen LogP contribution is 2.22. The van der Waals surface area contributed by atoms with Crippen LogP contribution >= 0.6 is 0 Å². The molecule has 1 saturated heterocycles. The van der Waals surface area contributed by atoms with Gasteiger partial charge in [-0.3, -0.25) is 0 Å². The van der Waals surface area contributed by atoms with Gasteiger partial charge in [0.25, 0.3) is 10.0 Å². The molecule has 19 heavy (non-hydrogen) atoms. The Labute approximate surface area is 110 Å². The predicted octanol–water partition coefficient (Wildman–Crippen LogP) is -0.217. The smallest absolute Gasteiger partial charge is 0.337 e. The van der Waals surface area contributed by atoms with Crippen LogP contribution in [0, 0.1) is 5.92 Å². The zero-order valence-corrected chi connectivity index (χ0v) is 10.9. The molecule has 1 fully saturated rings. The minimum absolute atomic E-state index is 0.0442. The maximum Gasteiger partial charge on any atom is 0.337 e. The van der Waals surface area contributed by atoms with Gasteiger partial charge in [0.05, 0.1) is 5.56 Å². The zero-order valence-electron chi connectivity index (χ0n) is 10.1. The molecule has 1 atom stereocenters. The van der Waals surface area contributed by atoms with E-state index in [1.54, 1.807) is 0 Å². The third-order valence-electron chi connectivity index (χ3n) is 3.09. The number of aromatic carboxylic acids is 1. The van der Waals surface area contributed by atoms with Gasteiger partial charge in [-0.2, -0.15) is 4.31 Å². The van der Waals surface area contributed by atoms with Gasteiger partial charge >= 0.3 is 5.97 Å². The van der Waals surface area contributed by atoms with E-state index in [-0.39, 0.29) is 29.7 Å². The van der Waals surface area contributed by atoms with Gasteiger partial charge in [-0.05, 0) is 24.5 Å². The number of aliphatic hydroxyl groups is 1. The Bertz CT molecular complexity index is 569. The molecule has 1 aromatic heterocycles. The van der Waals surface area contributed by atoms with Crippen LogP contribution in [0.25, 0.3) is 0 Å². The van der Waals surface area contributed by atoms with Gasteiger partial charge in [-0.1, -0.05) is 0 Å². The molecule has 8 heteroatoms. The lowest BCUT2D eigenvalue weighted by Gasteiger charge is -2.15. The first kappa shape index (κ1) is 13.9. The maximum atomic E-state index is 12.2. The fourth-order valence-electron chi connectivity index (χ4n) is 1.96. The van der Waals surface area contributed by atoms with Crippen molar-refractivity contribution in [1.82, 2.24) is 9.29 Å². The molecule has 0 spiro atoms. The van der Waals surface area contributed by atoms with Crippen LogP contribution in [0.1, 0.15) is 16.8 Å². The molecule has 1 aromatic rings. The minimum Gasteiger partial charge on any atom is -0.478 e. The first-order valence-corrected chi connectivity index (χ1v) is 7.19. The zero-order chi connectivity index (χ0) is 14.0. The lowest BCUT2D eigenvalue weighted by atomic mass is 10.1. The standard InChI is InChI=1S/C11H14N2O5S/c14-7-8-3-4-13(6-8)19(17,18)10-2-1-9(5-12-10)11(15)16/h1-2,5,8,14H,3-4,6-7H2,(H,15,16). The molecule has 7 nitrogen and oxygen atoms in total. The molecule has 0 radical (unpaired) electrons. The van der Waals surface area contributed by atoms with Gasteiger partial charge in [0.15, 0.2) is 5.03 Å². The van der Waals surface area contributed by atoms with Crippen molar-refractivity contribution in [2.45, 2.75) is 11.4 Å². The predicted molar refractivity (Wildman–Crippen MR) is 65.1 cm³/mol. The van der Waals surface area contributed by atoms with E-state index in [4.69, 9.17) is 10.2 Å². The van der Waals surface area contributed by atoms with Crippen LogP contribution in [-0.2, 0) is 10.0 Å². The average molecular weight is 286 g/mol. The van der Waals surface area contributed by atoms with Gasteiger partial charge in [-0.25, -0.2) is 18.2 Å². The monoisotopic (exact) mass is 286 g/mol. The molecule has 0 aliphatic carbocycles. The minimum atomic E-state index is -3.71. The number of pyridine rings is 1. The number of nitrogens with zero attached hydrogens (tertiary/aromatic N) is 2. The second-order valence-electron chi connectivity index (χ2n) is 4.39. The van der Waals surface area contributed by atoms with Crippen LogP contribution in [0.2, 0.25) is 0 Å². The van der Waals surface area contributed by atoms with Crippen LogP contribution < -0.4 is 0 Å². The molecule has 0 bridgehead atoms. The molecule has 1 aliphatic heterocycles. The summed E-state index contributed by atoms with van der Waals surface area (Å²) in [5, 5.41) is 17.6. The van der Waals surface area contributed by atoms with E-state index in [1.807, 2.05) is 0 Å². The summed E-state index contributed by atoms with van der Waals surface area (Å²) in [5.41, 5.74) is -0.0615. The summed E-state index contributed by atoms with van der Waals surface area (Å²) in [5.74, 6) is -1.20. The number of rotatable bonds is 4. The molecule has 1 unspecified atom stereocenters. The van der Waals surface area contributed by atoms with Crippen molar-refractivity contribution < 1.29 is 23.4 Å². The van der Waals surface area contributed by atoms with Gasteiger partial charge in [0, 0.05) is 25.9 Å². The lowest BCUT2D eigenvalue weighted by molar-refractivity contribution is 0.0696. The van der Waals surface area contributed by atoms with E-state index in [1.165, 1.54) is 16.4 Å². The summed E-state index contributed by atoms with van der Waals surface area (Å²) < 4.78 is 25.7. The number of hydrogen-bond acceptors (Lipinski definition) is 5. The van der Waals surface area contributed by atoms with Crippen molar-refractivity contribution in [3.8, 4) is 0 Å². The number of sulfonamides is 1. The van der Waals surface area contributed by atoms with Crippen LogP contribution in [0.4, 0.5) is 0 Å². The van der Waals surface area contributed by atoms with E-state index in [0.29, 0.717) is 13.0 Å². The van der Waals surface area contributed by atoms with Crippen molar-refractivity contribution in [3.05, 3.63) is 23.9 Å². The second kappa shape index (κ2) is 5.24. The summed E-state index contributed by atoms with van der Waals surface area (Å²) in [4.78, 5) is 14.4. The number of carbonyl (C=O) groups is 1. The fraction of sp³-hybridized carbons (Fsp3) is 0.455. The Kier molecular flexibility index (Phi) is 3.83. The molecule has 2 N–H and O–H groups in total. The summed E-state index contributed by atoms with van der Waals surface area (Å²) >= 11 is 0. The summed E-state index contributed by atoms with van der Waals surface area (Å²) in [6.07, 6.45) is 1.64. The van der Waals surface area contributed by atoms with Crippen molar-refractivity contribution >= 4 is 16.0 Å². The van der Waals surface area contributed by atoms with Crippen molar-refractivity contribution in [2.75, 3.05) is 19.7 Å². The Morgan fingerprint density at radius 2 is 2.21 bits per heavy atom. The van der Waals surface area contributed by atoms with Crippen molar-refractivity contribution in [1.29, 1.82) is 0 Å². The quantitative estimate of drug-likeness (QED) is 0.792. The van der Waals surface area contributed by atoms with Crippen LogP contribution in [-0.4, -0.2) is 53.6 Å². The summed E-state index contributed by atoms with van der Waals surface area (Å²) in [6.45, 7) is 0.564. The SMILES string of the molecule is O=C(O)c1ccc(S(=O)(=O)N2CCC(CO)C2)nc1. The average Bonchev–Trinajstić information content (AvgIpc) is 2.88. The summed E-state index contributed by atoms with van der Waals surface area (Å²) in [6, 6.07) is 2.40. The molecule has 104 valence electrons. The van der Waals surface area contributed by atoms with Crippen LogP contribution in [0.5, 0.6) is 0 Å². The molecule has 0 saturated carbocycles. The number of carboxylic acid groups (broad SMARTS) is 1. The van der Waals surface area contributed by atoms with Crippen LogP contribution in [0.15, 0.2) is 23.4 Å². The largest absolute Gasteiger partial charge is 0.478 e. The number of aromatic nitrogens is 1. The van der Waals surface area contributed by atoms with Gasteiger partial charge < -0.3 is 10.2 Å². The maximum absolute atomic E-state index is 12.2. The topological polar surface area (TPSA) is 108 Å². The van der Waals surface area contributed by atoms with E-state index in [0.717, 1.165) is 6.20 Å². The Morgan fingerprint density at radius 3 is 2.68 bits per heavy atom. The molecular formula is C11H14N2O5S. The molecule has 0 amide bonds. The first-order chi connectivity index (χ1) is 8.95. The first-order valence-electron chi connectivity index (χ1n) is 5.75. The number of aliphatic hydroxyl groups excluding tert-OH is 1. The highest BCUT2D eigenvalue weighted by Gasteiger charge is 2.33. The molecule has 2 rings (SSSR count). The third-order valence-corrected chi connectivity index (χ3v) is 4.88. The van der Waals surface area contributed by atoms with E-state index in [9.17, 15) is 13.2 Å². The van der Waals surface area contributed by atoms with E-state index >= 15 is 0 Å². The molecule has 2 heterocycles. The van der Waals surface area contributed by atoms with Crippen LogP contribution in [0.3, 0.4) is 0 Å². The van der Waals surface area contributed by atoms with Crippen molar-refractivity contribution in [2.24, 2.45) is 5.92 Å². The van der Waals surface area contributed by atoms with Gasteiger partial charge in [-0.15, -0.1) is 0 Å². The van der Waals surface area contributed by atoms with Crippen molar-refractivity contribution in [3.63, 3.8) is 0 Å². The molecule has 1 aliphatic rings. The number of hydrogen-bond donors (Lipinski definition) is 2. The Hall–Kier alpha value is -1.51. The molecule has 0 aromatic carbocycles. The number of carboxylic acids is 1. The summed E-state index contributed by atoms with van der Waals surface area (Å²) in [7, 11) is -3.71. The normalized spacial score (nSPS) is 20.6. The highest BCUT2D eigenvalue weighted by molar-refractivity contribution is 7.89. The van der Waals surface area contributed by atoms with E-state index < -0.39 is 16.0 Å². The molecular weight excluding hydrogens is 272 g/mol. The fourth-order valence-corrected chi connectivity index (χ4v) is 3.40. The second-order valence-corrected chi connectivity index (χ2v) is 6.28.